The number of carbonyl (C=O) groups is 1. The van der Waals surface area contributed by atoms with Crippen molar-refractivity contribution >= 4 is 38.3 Å². The molecule has 32 heavy (non-hydrogen) atoms. The van der Waals surface area contributed by atoms with Gasteiger partial charge in [0.05, 0.1) is 31.4 Å². The lowest BCUT2D eigenvalue weighted by Crippen LogP contribution is -2.30. The van der Waals surface area contributed by atoms with Crippen LogP contribution in [-0.4, -0.2) is 35.0 Å². The molecule has 1 amide bonds. The van der Waals surface area contributed by atoms with Crippen molar-refractivity contribution in [2.75, 3.05) is 19.1 Å². The predicted octanol–water partition coefficient (Wildman–Crippen LogP) is 4.46. The number of nitrogens with zero attached hydrogens (tertiary/aromatic N) is 4. The summed E-state index contributed by atoms with van der Waals surface area (Å²) in [7, 11) is 3.11. The Morgan fingerprint density at radius 3 is 2.41 bits per heavy atom. The smallest absolute Gasteiger partial charge is 0.269 e. The van der Waals surface area contributed by atoms with E-state index < -0.39 is 4.92 Å². The number of nitro groups is 1. The first kappa shape index (κ1) is 21.2. The zero-order chi connectivity index (χ0) is 22.7. The number of thiazole rings is 1. The highest BCUT2D eigenvalue weighted by molar-refractivity contribution is 7.22. The fourth-order valence-corrected chi connectivity index (χ4v) is 4.22. The van der Waals surface area contributed by atoms with Crippen LogP contribution >= 0.6 is 11.3 Å². The van der Waals surface area contributed by atoms with E-state index >= 15 is 0 Å². The number of nitro benzene ring substituents is 1. The van der Waals surface area contributed by atoms with Crippen LogP contribution in [-0.2, 0) is 6.54 Å². The van der Waals surface area contributed by atoms with E-state index in [0.717, 1.165) is 4.70 Å². The van der Waals surface area contributed by atoms with Gasteiger partial charge < -0.3 is 9.47 Å². The Kier molecular flexibility index (Phi) is 5.95. The number of methoxy groups -OCH3 is 2. The average Bonchev–Trinajstić information content (AvgIpc) is 3.27. The molecule has 2 heterocycles. The summed E-state index contributed by atoms with van der Waals surface area (Å²) in [6.07, 6.45) is 1.65. The molecule has 0 aliphatic carbocycles. The third-order valence-corrected chi connectivity index (χ3v) is 5.84. The van der Waals surface area contributed by atoms with E-state index in [9.17, 15) is 14.9 Å². The van der Waals surface area contributed by atoms with Crippen molar-refractivity contribution in [2.45, 2.75) is 6.54 Å². The van der Waals surface area contributed by atoms with Gasteiger partial charge in [0.25, 0.3) is 11.6 Å². The predicted molar refractivity (Wildman–Crippen MR) is 121 cm³/mol. The molecule has 9 nitrogen and oxygen atoms in total. The minimum Gasteiger partial charge on any atom is -0.495 e. The van der Waals surface area contributed by atoms with Crippen LogP contribution in [0.3, 0.4) is 0 Å². The first-order chi connectivity index (χ1) is 15.5. The number of ether oxygens (including phenoxy) is 2. The van der Waals surface area contributed by atoms with Gasteiger partial charge in [0.1, 0.15) is 21.7 Å². The van der Waals surface area contributed by atoms with Crippen LogP contribution in [0.5, 0.6) is 11.5 Å². The number of rotatable bonds is 7. The third kappa shape index (κ3) is 4.08. The van der Waals surface area contributed by atoms with Gasteiger partial charge in [-0.25, -0.2) is 4.98 Å². The molecule has 0 aliphatic rings. The van der Waals surface area contributed by atoms with Gasteiger partial charge in [-0.05, 0) is 36.4 Å². The molecule has 0 spiro atoms. The lowest BCUT2D eigenvalue weighted by Gasteiger charge is -2.19. The molecule has 0 saturated heterocycles. The van der Waals surface area contributed by atoms with Gasteiger partial charge in [-0.2, -0.15) is 0 Å². The van der Waals surface area contributed by atoms with Crippen molar-refractivity contribution in [1.29, 1.82) is 0 Å². The number of pyridine rings is 1. The SMILES string of the molecule is COc1ccc(OC)c2sc(N(Cc3ccccn3)C(=O)c3ccc([N+](=O)[O-])cc3)nc12. The molecule has 10 heteroatoms. The summed E-state index contributed by atoms with van der Waals surface area (Å²) in [5.41, 5.74) is 1.45. The maximum atomic E-state index is 13.4. The fourth-order valence-electron chi connectivity index (χ4n) is 3.15. The number of benzene rings is 2. The van der Waals surface area contributed by atoms with Crippen LogP contribution in [0, 0.1) is 10.1 Å². The van der Waals surface area contributed by atoms with Crippen LogP contribution in [0.15, 0.2) is 60.8 Å². The van der Waals surface area contributed by atoms with Crippen LogP contribution < -0.4 is 14.4 Å². The second-order valence-corrected chi connectivity index (χ2v) is 7.64. The van der Waals surface area contributed by atoms with Crippen molar-refractivity contribution in [2.24, 2.45) is 0 Å². The maximum absolute atomic E-state index is 13.4. The number of hydrogen-bond donors (Lipinski definition) is 0. The van der Waals surface area contributed by atoms with Crippen molar-refractivity contribution in [3.63, 3.8) is 0 Å². The highest BCUT2D eigenvalue weighted by Gasteiger charge is 2.25. The normalized spacial score (nSPS) is 10.7. The Hall–Kier alpha value is -4.05. The van der Waals surface area contributed by atoms with Crippen molar-refractivity contribution in [1.82, 2.24) is 9.97 Å². The van der Waals surface area contributed by atoms with Crippen molar-refractivity contribution < 1.29 is 19.2 Å². The summed E-state index contributed by atoms with van der Waals surface area (Å²) in [6, 6.07) is 14.4. The number of non-ortho nitro benzene ring substituents is 1. The van der Waals surface area contributed by atoms with E-state index in [0.29, 0.717) is 33.4 Å². The molecule has 0 N–H and O–H groups in total. The highest BCUT2D eigenvalue weighted by Crippen LogP contribution is 2.40. The van der Waals surface area contributed by atoms with Crippen molar-refractivity contribution in [3.05, 3.63) is 82.2 Å². The first-order valence-electron chi connectivity index (χ1n) is 9.49. The molecule has 2 aromatic heterocycles. The second-order valence-electron chi connectivity index (χ2n) is 6.66. The second kappa shape index (κ2) is 8.98. The number of anilines is 1. The molecule has 0 atom stereocenters. The molecule has 0 fully saturated rings. The zero-order valence-electron chi connectivity index (χ0n) is 17.2. The Balaban J connectivity index is 1.80. The van der Waals surface area contributed by atoms with E-state index in [-0.39, 0.29) is 18.1 Å². The van der Waals surface area contributed by atoms with E-state index in [4.69, 9.17) is 9.47 Å². The topological polar surface area (TPSA) is 108 Å². The van der Waals surface area contributed by atoms with Gasteiger partial charge in [0.15, 0.2) is 5.13 Å². The molecule has 0 saturated carbocycles. The van der Waals surface area contributed by atoms with E-state index in [2.05, 4.69) is 9.97 Å². The summed E-state index contributed by atoms with van der Waals surface area (Å²) in [6.45, 7) is 0.168. The molecule has 4 rings (SSSR count). The molecular formula is C22H18N4O5S. The van der Waals surface area contributed by atoms with Crippen LogP contribution in [0.2, 0.25) is 0 Å². The minimum absolute atomic E-state index is 0.0905. The Morgan fingerprint density at radius 2 is 1.78 bits per heavy atom. The quantitative estimate of drug-likeness (QED) is 0.302. The Bertz CT molecular complexity index is 1230. The summed E-state index contributed by atoms with van der Waals surface area (Å²) in [5.74, 6) is 0.816. The van der Waals surface area contributed by atoms with Crippen LogP contribution in [0.4, 0.5) is 10.8 Å². The van der Waals surface area contributed by atoms with Gasteiger partial charge in [0.2, 0.25) is 0 Å². The number of amides is 1. The number of hydrogen-bond acceptors (Lipinski definition) is 8. The molecule has 0 aliphatic heterocycles. The molecular weight excluding hydrogens is 432 g/mol. The minimum atomic E-state index is -0.508. The number of carbonyl (C=O) groups excluding carboxylic acids is 1. The van der Waals surface area contributed by atoms with Gasteiger partial charge in [-0.3, -0.25) is 24.8 Å². The van der Waals surface area contributed by atoms with Crippen LogP contribution in [0.1, 0.15) is 16.1 Å². The highest BCUT2D eigenvalue weighted by atomic mass is 32.1. The van der Waals surface area contributed by atoms with Crippen LogP contribution in [0.25, 0.3) is 10.2 Å². The number of aromatic nitrogens is 2. The standard InChI is InChI=1S/C22H18N4O5S/c1-30-17-10-11-18(31-2)20-19(17)24-22(32-20)25(13-15-5-3-4-12-23-15)21(27)14-6-8-16(9-7-14)26(28)29/h3-12H,13H2,1-2H3. The lowest BCUT2D eigenvalue weighted by atomic mass is 10.2. The molecule has 0 radical (unpaired) electrons. The summed E-state index contributed by atoms with van der Waals surface area (Å²) in [4.78, 5) is 34.4. The van der Waals surface area contributed by atoms with Crippen molar-refractivity contribution in [3.8, 4) is 11.5 Å². The summed E-state index contributed by atoms with van der Waals surface area (Å²) in [5, 5.41) is 11.4. The first-order valence-corrected chi connectivity index (χ1v) is 10.3. The number of fused-ring (bicyclic) bond motifs is 1. The summed E-state index contributed by atoms with van der Waals surface area (Å²) < 4.78 is 11.6. The van der Waals surface area contributed by atoms with E-state index in [1.54, 1.807) is 38.6 Å². The van der Waals surface area contributed by atoms with Gasteiger partial charge in [0, 0.05) is 23.9 Å². The maximum Gasteiger partial charge on any atom is 0.269 e. The van der Waals surface area contributed by atoms with Gasteiger partial charge >= 0.3 is 0 Å². The molecule has 0 unspecified atom stereocenters. The summed E-state index contributed by atoms with van der Waals surface area (Å²) >= 11 is 1.29. The molecule has 0 bridgehead atoms. The van der Waals surface area contributed by atoms with E-state index in [1.165, 1.54) is 40.5 Å². The molecule has 4 aromatic rings. The average molecular weight is 450 g/mol. The largest absolute Gasteiger partial charge is 0.495 e. The Morgan fingerprint density at radius 1 is 1.06 bits per heavy atom. The fraction of sp³-hybridized carbons (Fsp3) is 0.136. The lowest BCUT2D eigenvalue weighted by molar-refractivity contribution is -0.384. The third-order valence-electron chi connectivity index (χ3n) is 4.75. The Labute approximate surface area is 187 Å². The monoisotopic (exact) mass is 450 g/mol. The zero-order valence-corrected chi connectivity index (χ0v) is 18.0. The van der Waals surface area contributed by atoms with Gasteiger partial charge in [-0.15, -0.1) is 0 Å². The van der Waals surface area contributed by atoms with E-state index in [1.807, 2.05) is 12.1 Å². The van der Waals surface area contributed by atoms with Gasteiger partial charge in [-0.1, -0.05) is 17.4 Å². The molecule has 162 valence electrons. The molecule has 2 aromatic carbocycles.